The van der Waals surface area contributed by atoms with Crippen LogP contribution in [0.2, 0.25) is 5.02 Å². The van der Waals surface area contributed by atoms with E-state index in [0.29, 0.717) is 5.92 Å². The van der Waals surface area contributed by atoms with Gasteiger partial charge in [0.25, 0.3) is 0 Å². The molecular weight excluding hydrogens is 282 g/mol. The molecule has 0 aliphatic carbocycles. The van der Waals surface area contributed by atoms with Gasteiger partial charge in [-0.1, -0.05) is 37.6 Å². The summed E-state index contributed by atoms with van der Waals surface area (Å²) < 4.78 is 5.71. The first-order valence-electron chi connectivity index (χ1n) is 7.34. The second-order valence-corrected chi connectivity index (χ2v) is 5.97. The third-order valence-electron chi connectivity index (χ3n) is 3.23. The van der Waals surface area contributed by atoms with Gasteiger partial charge in [-0.05, 0) is 54.3 Å². The van der Waals surface area contributed by atoms with E-state index >= 15 is 0 Å². The van der Waals surface area contributed by atoms with Crippen LogP contribution in [0.15, 0.2) is 48.5 Å². The Morgan fingerprint density at radius 1 is 1.00 bits per heavy atom. The second kappa shape index (κ2) is 7.94. The molecule has 0 atom stereocenters. The van der Waals surface area contributed by atoms with Gasteiger partial charge >= 0.3 is 0 Å². The molecule has 2 nitrogen and oxygen atoms in total. The smallest absolute Gasteiger partial charge is 0.119 e. The number of anilines is 1. The van der Waals surface area contributed by atoms with Crippen LogP contribution in [0.3, 0.4) is 0 Å². The third-order valence-corrected chi connectivity index (χ3v) is 3.48. The van der Waals surface area contributed by atoms with Crippen LogP contribution in [0, 0.1) is 5.92 Å². The summed E-state index contributed by atoms with van der Waals surface area (Å²) in [5.74, 6) is 1.60. The Kier molecular flexibility index (Phi) is 5.94. The van der Waals surface area contributed by atoms with E-state index in [4.69, 9.17) is 16.3 Å². The number of benzene rings is 2. The quantitative estimate of drug-likeness (QED) is 0.741. The average Bonchev–Trinajstić information content (AvgIpc) is 2.48. The van der Waals surface area contributed by atoms with E-state index in [-0.39, 0.29) is 0 Å². The van der Waals surface area contributed by atoms with Crippen LogP contribution < -0.4 is 10.1 Å². The Hall–Kier alpha value is -1.67. The standard InChI is InChI=1S/C18H22ClNO/c1-14(2)11-12-21-18-9-7-17(8-10-18)20-13-15-3-5-16(19)6-4-15/h3-10,14,20H,11-13H2,1-2H3. The number of hydrogen-bond donors (Lipinski definition) is 1. The maximum Gasteiger partial charge on any atom is 0.119 e. The highest BCUT2D eigenvalue weighted by atomic mass is 35.5. The first kappa shape index (κ1) is 15.7. The summed E-state index contributed by atoms with van der Waals surface area (Å²) in [5.41, 5.74) is 2.29. The Balaban J connectivity index is 1.80. The minimum atomic E-state index is 0.672. The zero-order valence-corrected chi connectivity index (χ0v) is 13.4. The minimum absolute atomic E-state index is 0.672. The van der Waals surface area contributed by atoms with Crippen molar-refractivity contribution in [1.29, 1.82) is 0 Å². The molecule has 3 heteroatoms. The summed E-state index contributed by atoms with van der Waals surface area (Å²) in [6.07, 6.45) is 1.08. The molecule has 0 bridgehead atoms. The molecule has 0 aliphatic heterocycles. The lowest BCUT2D eigenvalue weighted by Crippen LogP contribution is -2.02. The molecular formula is C18H22ClNO. The van der Waals surface area contributed by atoms with Gasteiger partial charge in [-0.25, -0.2) is 0 Å². The van der Waals surface area contributed by atoms with Crippen LogP contribution in [-0.2, 0) is 6.54 Å². The third kappa shape index (κ3) is 5.68. The molecule has 0 fully saturated rings. The van der Waals surface area contributed by atoms with Gasteiger partial charge in [-0.2, -0.15) is 0 Å². The Labute approximate surface area is 132 Å². The minimum Gasteiger partial charge on any atom is -0.494 e. The normalized spacial score (nSPS) is 10.7. The van der Waals surface area contributed by atoms with E-state index in [1.54, 1.807) is 0 Å². The van der Waals surface area contributed by atoms with Crippen LogP contribution in [0.25, 0.3) is 0 Å². The molecule has 0 radical (unpaired) electrons. The topological polar surface area (TPSA) is 21.3 Å². The van der Waals surface area contributed by atoms with Crippen molar-refractivity contribution in [3.05, 3.63) is 59.1 Å². The largest absolute Gasteiger partial charge is 0.494 e. The summed E-state index contributed by atoms with van der Waals surface area (Å²) in [7, 11) is 0. The highest BCUT2D eigenvalue weighted by Crippen LogP contribution is 2.17. The average molecular weight is 304 g/mol. The summed E-state index contributed by atoms with van der Waals surface area (Å²) in [4.78, 5) is 0. The van der Waals surface area contributed by atoms with Crippen molar-refractivity contribution in [3.63, 3.8) is 0 Å². The zero-order valence-electron chi connectivity index (χ0n) is 12.6. The lowest BCUT2D eigenvalue weighted by molar-refractivity contribution is 0.289. The van der Waals surface area contributed by atoms with Crippen LogP contribution in [-0.4, -0.2) is 6.61 Å². The fraction of sp³-hybridized carbons (Fsp3) is 0.333. The van der Waals surface area contributed by atoms with Crippen LogP contribution >= 0.6 is 11.6 Å². The van der Waals surface area contributed by atoms with Crippen LogP contribution in [0.4, 0.5) is 5.69 Å². The highest BCUT2D eigenvalue weighted by Gasteiger charge is 1.98. The summed E-state index contributed by atoms with van der Waals surface area (Å²) in [6.45, 7) is 5.96. The molecule has 2 rings (SSSR count). The molecule has 21 heavy (non-hydrogen) atoms. The van der Waals surface area contributed by atoms with E-state index in [9.17, 15) is 0 Å². The van der Waals surface area contributed by atoms with Gasteiger partial charge < -0.3 is 10.1 Å². The van der Waals surface area contributed by atoms with Crippen molar-refractivity contribution in [3.8, 4) is 5.75 Å². The number of hydrogen-bond acceptors (Lipinski definition) is 2. The lowest BCUT2D eigenvalue weighted by atomic mass is 10.1. The monoisotopic (exact) mass is 303 g/mol. The summed E-state index contributed by atoms with van der Waals surface area (Å²) in [5, 5.41) is 4.15. The summed E-state index contributed by atoms with van der Waals surface area (Å²) in [6, 6.07) is 16.0. The molecule has 0 saturated carbocycles. The predicted molar refractivity (Wildman–Crippen MR) is 90.2 cm³/mol. The Morgan fingerprint density at radius 3 is 2.29 bits per heavy atom. The second-order valence-electron chi connectivity index (χ2n) is 5.54. The molecule has 0 unspecified atom stereocenters. The molecule has 1 N–H and O–H groups in total. The predicted octanol–water partition coefficient (Wildman–Crippen LogP) is 5.38. The number of rotatable bonds is 7. The van der Waals surface area contributed by atoms with Gasteiger partial charge in [0.2, 0.25) is 0 Å². The van der Waals surface area contributed by atoms with E-state index in [0.717, 1.165) is 36.0 Å². The summed E-state index contributed by atoms with van der Waals surface area (Å²) >= 11 is 5.87. The zero-order chi connectivity index (χ0) is 15.1. The van der Waals surface area contributed by atoms with Crippen LogP contribution in [0.1, 0.15) is 25.8 Å². The molecule has 2 aromatic rings. The maximum atomic E-state index is 5.87. The van der Waals surface area contributed by atoms with Gasteiger partial charge in [0.15, 0.2) is 0 Å². The Bertz CT molecular complexity index is 534. The molecule has 0 heterocycles. The van der Waals surface area contributed by atoms with Crippen LogP contribution in [0.5, 0.6) is 5.75 Å². The maximum absolute atomic E-state index is 5.87. The first-order valence-corrected chi connectivity index (χ1v) is 7.72. The van der Waals surface area contributed by atoms with Crippen molar-refractivity contribution in [2.24, 2.45) is 5.92 Å². The van der Waals surface area contributed by atoms with Crippen molar-refractivity contribution in [2.45, 2.75) is 26.8 Å². The molecule has 0 aromatic heterocycles. The Morgan fingerprint density at radius 2 is 1.67 bits per heavy atom. The van der Waals surface area contributed by atoms with Gasteiger partial charge in [-0.15, -0.1) is 0 Å². The lowest BCUT2D eigenvalue weighted by Gasteiger charge is -2.10. The fourth-order valence-electron chi connectivity index (χ4n) is 1.89. The van der Waals surface area contributed by atoms with Crippen molar-refractivity contribution in [2.75, 3.05) is 11.9 Å². The van der Waals surface area contributed by atoms with Gasteiger partial charge in [0, 0.05) is 17.3 Å². The molecule has 2 aromatic carbocycles. The highest BCUT2D eigenvalue weighted by molar-refractivity contribution is 6.30. The molecule has 0 saturated heterocycles. The van der Waals surface area contributed by atoms with Gasteiger partial charge in [0.05, 0.1) is 6.61 Å². The van der Waals surface area contributed by atoms with E-state index in [1.807, 2.05) is 48.5 Å². The molecule has 0 aliphatic rings. The van der Waals surface area contributed by atoms with E-state index in [1.165, 1.54) is 5.56 Å². The van der Waals surface area contributed by atoms with Gasteiger partial charge in [-0.3, -0.25) is 0 Å². The number of ether oxygens (including phenoxy) is 1. The SMILES string of the molecule is CC(C)CCOc1ccc(NCc2ccc(Cl)cc2)cc1. The van der Waals surface area contributed by atoms with Crippen molar-refractivity contribution >= 4 is 17.3 Å². The molecule has 112 valence electrons. The number of nitrogens with one attached hydrogen (secondary N) is 1. The van der Waals surface area contributed by atoms with Crippen molar-refractivity contribution < 1.29 is 4.74 Å². The number of halogens is 1. The van der Waals surface area contributed by atoms with Gasteiger partial charge in [0.1, 0.15) is 5.75 Å². The molecule has 0 amide bonds. The van der Waals surface area contributed by atoms with Crippen molar-refractivity contribution in [1.82, 2.24) is 0 Å². The molecule has 0 spiro atoms. The fourth-order valence-corrected chi connectivity index (χ4v) is 2.01. The van der Waals surface area contributed by atoms with E-state index in [2.05, 4.69) is 19.2 Å². The first-order chi connectivity index (χ1) is 10.1. The van der Waals surface area contributed by atoms with E-state index < -0.39 is 0 Å².